The quantitative estimate of drug-likeness (QED) is 0.295. The monoisotopic (exact) mass is 423 g/mol. The summed E-state index contributed by atoms with van der Waals surface area (Å²) in [6.07, 6.45) is 0. The molecule has 0 aliphatic carbocycles. The van der Waals surface area contributed by atoms with E-state index in [0.717, 1.165) is 33.5 Å². The van der Waals surface area contributed by atoms with Crippen molar-refractivity contribution >= 4 is 22.3 Å². The Kier molecular flexibility index (Phi) is 5.54. The number of para-hydroxylation sites is 1. The molecule has 1 aromatic heterocycles. The summed E-state index contributed by atoms with van der Waals surface area (Å²) in [5, 5.41) is 10.5. The standard InChI is InChI=1S/C29H33N3/c1-28(2,3)21-14-12-20(13-15-21)27-26(24-10-8-9-11-25(24)32(27)7)31-30-23-18-16-22(17-19-23)29(4,5)6/h8-19H,1-7H3. The minimum atomic E-state index is 0.123. The first-order valence-corrected chi connectivity index (χ1v) is 11.3. The van der Waals surface area contributed by atoms with Crippen molar-refractivity contribution in [1.29, 1.82) is 0 Å². The molecule has 0 saturated heterocycles. The second-order valence-electron chi connectivity index (χ2n) is 10.6. The fourth-order valence-corrected chi connectivity index (χ4v) is 4.07. The van der Waals surface area contributed by atoms with Crippen molar-refractivity contribution in [2.75, 3.05) is 0 Å². The van der Waals surface area contributed by atoms with Crippen LogP contribution in [0.1, 0.15) is 52.7 Å². The number of fused-ring (bicyclic) bond motifs is 1. The summed E-state index contributed by atoms with van der Waals surface area (Å²) in [6.45, 7) is 13.4. The topological polar surface area (TPSA) is 29.6 Å². The van der Waals surface area contributed by atoms with Crippen LogP contribution in [0.4, 0.5) is 11.4 Å². The minimum absolute atomic E-state index is 0.123. The molecule has 0 saturated carbocycles. The molecule has 0 bridgehead atoms. The van der Waals surface area contributed by atoms with Gasteiger partial charge in [0.05, 0.1) is 16.9 Å². The summed E-state index contributed by atoms with van der Waals surface area (Å²) in [4.78, 5) is 0. The third-order valence-electron chi connectivity index (χ3n) is 6.10. The summed E-state index contributed by atoms with van der Waals surface area (Å²) in [5.74, 6) is 0. The summed E-state index contributed by atoms with van der Waals surface area (Å²) < 4.78 is 2.22. The van der Waals surface area contributed by atoms with E-state index in [9.17, 15) is 0 Å². The first-order chi connectivity index (χ1) is 15.1. The smallest absolute Gasteiger partial charge is 0.119 e. The second-order valence-corrected chi connectivity index (χ2v) is 10.6. The number of azo groups is 1. The van der Waals surface area contributed by atoms with Crippen LogP contribution in [-0.2, 0) is 17.9 Å². The highest BCUT2D eigenvalue weighted by atomic mass is 15.1. The molecule has 0 fully saturated rings. The predicted molar refractivity (Wildman–Crippen MR) is 136 cm³/mol. The lowest BCUT2D eigenvalue weighted by Gasteiger charge is -2.19. The highest BCUT2D eigenvalue weighted by Gasteiger charge is 2.19. The maximum Gasteiger partial charge on any atom is 0.119 e. The Morgan fingerprint density at radius 3 is 1.72 bits per heavy atom. The molecule has 0 aliphatic rings. The van der Waals surface area contributed by atoms with Crippen LogP contribution in [0.5, 0.6) is 0 Å². The van der Waals surface area contributed by atoms with Gasteiger partial charge >= 0.3 is 0 Å². The predicted octanol–water partition coefficient (Wildman–Crippen LogP) is 8.86. The fraction of sp³-hybridized carbons (Fsp3) is 0.310. The Hall–Kier alpha value is -3.20. The largest absolute Gasteiger partial charge is 0.342 e. The van der Waals surface area contributed by atoms with Gasteiger partial charge in [-0.1, -0.05) is 96.1 Å². The van der Waals surface area contributed by atoms with Crippen molar-refractivity contribution in [3.63, 3.8) is 0 Å². The molecule has 164 valence electrons. The van der Waals surface area contributed by atoms with E-state index in [1.165, 1.54) is 11.1 Å². The van der Waals surface area contributed by atoms with Crippen molar-refractivity contribution in [1.82, 2.24) is 4.57 Å². The van der Waals surface area contributed by atoms with E-state index in [1.54, 1.807) is 0 Å². The van der Waals surface area contributed by atoms with E-state index in [1.807, 2.05) is 12.1 Å². The van der Waals surface area contributed by atoms with E-state index in [2.05, 4.69) is 119 Å². The van der Waals surface area contributed by atoms with Crippen LogP contribution in [0.2, 0.25) is 0 Å². The SMILES string of the molecule is Cn1c(-c2ccc(C(C)(C)C)cc2)c(N=Nc2ccc(C(C)(C)C)cc2)c2ccccc21. The number of aromatic nitrogens is 1. The zero-order valence-corrected chi connectivity index (χ0v) is 20.3. The average Bonchev–Trinajstić information content (AvgIpc) is 3.03. The fourth-order valence-electron chi connectivity index (χ4n) is 4.07. The average molecular weight is 424 g/mol. The van der Waals surface area contributed by atoms with Crippen molar-refractivity contribution in [2.45, 2.75) is 52.4 Å². The van der Waals surface area contributed by atoms with Crippen LogP contribution in [0, 0.1) is 0 Å². The molecule has 0 aliphatic heterocycles. The maximum absolute atomic E-state index is 4.77. The van der Waals surface area contributed by atoms with Gasteiger partial charge in [0.2, 0.25) is 0 Å². The summed E-state index contributed by atoms with van der Waals surface area (Å²) >= 11 is 0. The molecule has 4 aromatic rings. The highest BCUT2D eigenvalue weighted by molar-refractivity contribution is 6.00. The zero-order valence-electron chi connectivity index (χ0n) is 20.3. The molecular formula is C29H33N3. The summed E-state index contributed by atoms with van der Waals surface area (Å²) in [7, 11) is 2.10. The van der Waals surface area contributed by atoms with Gasteiger partial charge in [0.25, 0.3) is 0 Å². The first-order valence-electron chi connectivity index (χ1n) is 11.3. The normalized spacial score (nSPS) is 12.7. The summed E-state index contributed by atoms with van der Waals surface area (Å²) in [6, 6.07) is 25.6. The van der Waals surface area contributed by atoms with Crippen LogP contribution >= 0.6 is 0 Å². The molecule has 3 aromatic carbocycles. The van der Waals surface area contributed by atoms with Gasteiger partial charge in [-0.2, -0.15) is 5.11 Å². The van der Waals surface area contributed by atoms with E-state index in [0.29, 0.717) is 0 Å². The van der Waals surface area contributed by atoms with Gasteiger partial charge in [0, 0.05) is 18.0 Å². The van der Waals surface area contributed by atoms with Gasteiger partial charge in [0.1, 0.15) is 5.69 Å². The van der Waals surface area contributed by atoms with Gasteiger partial charge in [-0.05, 0) is 40.2 Å². The Balaban J connectivity index is 1.80. The Morgan fingerprint density at radius 2 is 1.16 bits per heavy atom. The molecule has 0 unspecified atom stereocenters. The Bertz CT molecular complexity index is 1260. The number of hydrogen-bond acceptors (Lipinski definition) is 2. The number of aryl methyl sites for hydroxylation is 1. The van der Waals surface area contributed by atoms with Gasteiger partial charge in [0.15, 0.2) is 0 Å². The number of hydrogen-bond donors (Lipinski definition) is 0. The van der Waals surface area contributed by atoms with Gasteiger partial charge in [-0.3, -0.25) is 0 Å². The van der Waals surface area contributed by atoms with Crippen LogP contribution < -0.4 is 0 Å². The molecule has 0 N–H and O–H groups in total. The third kappa shape index (κ3) is 4.25. The molecule has 1 heterocycles. The lowest BCUT2D eigenvalue weighted by Crippen LogP contribution is -2.10. The molecule has 3 nitrogen and oxygen atoms in total. The van der Waals surface area contributed by atoms with Crippen LogP contribution in [0.3, 0.4) is 0 Å². The maximum atomic E-state index is 4.77. The van der Waals surface area contributed by atoms with Crippen LogP contribution in [0.15, 0.2) is 83.0 Å². The van der Waals surface area contributed by atoms with E-state index in [-0.39, 0.29) is 10.8 Å². The molecule has 0 amide bonds. The Labute approximate surface area is 191 Å². The van der Waals surface area contributed by atoms with Gasteiger partial charge in [-0.15, -0.1) is 5.11 Å². The Morgan fingerprint density at radius 1 is 0.625 bits per heavy atom. The van der Waals surface area contributed by atoms with Crippen molar-refractivity contribution < 1.29 is 0 Å². The van der Waals surface area contributed by atoms with Crippen LogP contribution in [-0.4, -0.2) is 4.57 Å². The van der Waals surface area contributed by atoms with E-state index in [4.69, 9.17) is 5.11 Å². The lowest BCUT2D eigenvalue weighted by atomic mass is 9.86. The van der Waals surface area contributed by atoms with Gasteiger partial charge < -0.3 is 4.57 Å². The third-order valence-corrected chi connectivity index (χ3v) is 6.10. The van der Waals surface area contributed by atoms with Crippen LogP contribution in [0.25, 0.3) is 22.2 Å². The lowest BCUT2D eigenvalue weighted by molar-refractivity contribution is 0.590. The van der Waals surface area contributed by atoms with E-state index >= 15 is 0 Å². The van der Waals surface area contributed by atoms with Gasteiger partial charge in [-0.25, -0.2) is 0 Å². The second kappa shape index (κ2) is 8.05. The molecule has 32 heavy (non-hydrogen) atoms. The molecule has 4 rings (SSSR count). The van der Waals surface area contributed by atoms with Crippen molar-refractivity contribution in [3.8, 4) is 11.3 Å². The highest BCUT2D eigenvalue weighted by Crippen LogP contribution is 2.41. The number of nitrogens with zero attached hydrogens (tertiary/aromatic N) is 3. The molecular weight excluding hydrogens is 390 g/mol. The summed E-state index contributed by atoms with van der Waals surface area (Å²) in [5.41, 5.74) is 8.02. The minimum Gasteiger partial charge on any atom is -0.342 e. The molecule has 0 atom stereocenters. The van der Waals surface area contributed by atoms with Crippen molar-refractivity contribution in [2.24, 2.45) is 17.3 Å². The number of rotatable bonds is 3. The van der Waals surface area contributed by atoms with E-state index < -0.39 is 0 Å². The number of benzene rings is 3. The first kappa shape index (κ1) is 22.0. The molecule has 3 heteroatoms. The molecule has 0 spiro atoms. The molecule has 0 radical (unpaired) electrons. The zero-order chi connectivity index (χ0) is 23.1. The van der Waals surface area contributed by atoms with Crippen molar-refractivity contribution in [3.05, 3.63) is 83.9 Å².